The van der Waals surface area contributed by atoms with Crippen molar-refractivity contribution in [2.75, 3.05) is 23.7 Å². The van der Waals surface area contributed by atoms with Gasteiger partial charge in [-0.1, -0.05) is 13.0 Å². The molecule has 1 unspecified atom stereocenters. The van der Waals surface area contributed by atoms with Crippen LogP contribution in [0.3, 0.4) is 0 Å². The molecule has 1 aliphatic heterocycles. The molecule has 1 fully saturated rings. The van der Waals surface area contributed by atoms with Gasteiger partial charge in [-0.05, 0) is 18.6 Å². The molecule has 1 aromatic carbocycles. The lowest BCUT2D eigenvalue weighted by Crippen LogP contribution is -2.55. The molecule has 1 atom stereocenters. The van der Waals surface area contributed by atoms with Crippen LogP contribution in [0.2, 0.25) is 0 Å². The average Bonchev–Trinajstić information content (AvgIpc) is 2.39. The first-order chi connectivity index (χ1) is 8.69. The Labute approximate surface area is 106 Å². The van der Waals surface area contributed by atoms with Crippen LogP contribution in [0.5, 0.6) is 0 Å². The molecule has 18 heavy (non-hydrogen) atoms. The van der Waals surface area contributed by atoms with Crippen molar-refractivity contribution in [1.82, 2.24) is 5.32 Å². The van der Waals surface area contributed by atoms with Crippen LogP contribution >= 0.6 is 0 Å². The van der Waals surface area contributed by atoms with Gasteiger partial charge in [-0.15, -0.1) is 0 Å². The van der Waals surface area contributed by atoms with E-state index in [0.29, 0.717) is 30.8 Å². The zero-order chi connectivity index (χ0) is 13.1. The number of rotatable bonds is 2. The number of nitriles is 1. The molecule has 5 heteroatoms. The van der Waals surface area contributed by atoms with Crippen LogP contribution in [-0.4, -0.2) is 25.0 Å². The van der Waals surface area contributed by atoms with Gasteiger partial charge >= 0.3 is 0 Å². The van der Waals surface area contributed by atoms with Gasteiger partial charge in [0.2, 0.25) is 5.91 Å². The highest BCUT2D eigenvalue weighted by Crippen LogP contribution is 2.29. The standard InChI is InChI=1S/C13H16N4O/c1-2-10-13(18)16-6-7-17(10)11-5-3-4-9(8-14)12(11)15/h3-5,10H,2,6-7,15H2,1H3,(H,16,18). The Morgan fingerprint density at radius 1 is 1.61 bits per heavy atom. The number of piperazine rings is 1. The molecule has 0 bridgehead atoms. The summed E-state index contributed by atoms with van der Waals surface area (Å²) in [5.41, 5.74) is 7.67. The molecule has 0 aromatic heterocycles. The summed E-state index contributed by atoms with van der Waals surface area (Å²) in [6.07, 6.45) is 0.710. The number of nitrogens with zero attached hydrogens (tertiary/aromatic N) is 2. The van der Waals surface area contributed by atoms with Crippen LogP contribution in [-0.2, 0) is 4.79 Å². The summed E-state index contributed by atoms with van der Waals surface area (Å²) in [4.78, 5) is 13.8. The van der Waals surface area contributed by atoms with Crippen LogP contribution in [0.4, 0.5) is 11.4 Å². The van der Waals surface area contributed by atoms with Gasteiger partial charge in [0.15, 0.2) is 0 Å². The molecule has 0 aliphatic carbocycles. The number of nitrogens with one attached hydrogen (secondary N) is 1. The van der Waals surface area contributed by atoms with Crippen LogP contribution in [0, 0.1) is 11.3 Å². The molecule has 0 saturated carbocycles. The van der Waals surface area contributed by atoms with Crippen molar-refractivity contribution in [2.24, 2.45) is 0 Å². The van der Waals surface area contributed by atoms with E-state index in [9.17, 15) is 4.79 Å². The summed E-state index contributed by atoms with van der Waals surface area (Å²) < 4.78 is 0. The number of nitrogens with two attached hydrogens (primary N) is 1. The Balaban J connectivity index is 2.41. The molecular formula is C13H16N4O. The summed E-state index contributed by atoms with van der Waals surface area (Å²) in [5, 5.41) is 11.8. The zero-order valence-corrected chi connectivity index (χ0v) is 10.3. The van der Waals surface area contributed by atoms with Crippen molar-refractivity contribution in [2.45, 2.75) is 19.4 Å². The highest BCUT2D eigenvalue weighted by Gasteiger charge is 2.29. The van der Waals surface area contributed by atoms with Gasteiger partial charge in [-0.25, -0.2) is 0 Å². The summed E-state index contributed by atoms with van der Waals surface area (Å²) in [6, 6.07) is 7.19. The smallest absolute Gasteiger partial charge is 0.242 e. The topological polar surface area (TPSA) is 82.2 Å². The van der Waals surface area contributed by atoms with E-state index >= 15 is 0 Å². The largest absolute Gasteiger partial charge is 0.396 e. The number of anilines is 2. The van der Waals surface area contributed by atoms with Crippen molar-refractivity contribution >= 4 is 17.3 Å². The number of hydrogen-bond donors (Lipinski definition) is 2. The van der Waals surface area contributed by atoms with Gasteiger partial charge in [0.25, 0.3) is 0 Å². The second kappa shape index (κ2) is 4.96. The van der Waals surface area contributed by atoms with Crippen molar-refractivity contribution < 1.29 is 4.79 Å². The molecule has 1 aliphatic rings. The van der Waals surface area contributed by atoms with Crippen molar-refractivity contribution in [3.8, 4) is 6.07 Å². The van der Waals surface area contributed by atoms with E-state index in [2.05, 4.69) is 11.4 Å². The van der Waals surface area contributed by atoms with Gasteiger partial charge in [0.1, 0.15) is 12.1 Å². The first-order valence-corrected chi connectivity index (χ1v) is 6.02. The van der Waals surface area contributed by atoms with E-state index in [1.807, 2.05) is 17.9 Å². The minimum Gasteiger partial charge on any atom is -0.396 e. The Bertz CT molecular complexity index is 506. The lowest BCUT2D eigenvalue weighted by molar-refractivity contribution is -0.123. The van der Waals surface area contributed by atoms with E-state index < -0.39 is 0 Å². The van der Waals surface area contributed by atoms with Crippen molar-refractivity contribution in [3.05, 3.63) is 23.8 Å². The van der Waals surface area contributed by atoms with Crippen LogP contribution < -0.4 is 16.0 Å². The molecule has 0 radical (unpaired) electrons. The zero-order valence-electron chi connectivity index (χ0n) is 10.3. The summed E-state index contributed by atoms with van der Waals surface area (Å²) in [5.74, 6) is 0.0190. The van der Waals surface area contributed by atoms with E-state index in [1.54, 1.807) is 12.1 Å². The third-order valence-electron chi connectivity index (χ3n) is 3.23. The fraction of sp³-hybridized carbons (Fsp3) is 0.385. The molecule has 1 aromatic rings. The molecular weight excluding hydrogens is 228 g/mol. The monoisotopic (exact) mass is 244 g/mol. The van der Waals surface area contributed by atoms with E-state index in [0.717, 1.165) is 5.69 Å². The number of amides is 1. The van der Waals surface area contributed by atoms with Crippen molar-refractivity contribution in [1.29, 1.82) is 5.26 Å². The lowest BCUT2D eigenvalue weighted by atomic mass is 10.1. The van der Waals surface area contributed by atoms with E-state index in [4.69, 9.17) is 11.0 Å². The highest BCUT2D eigenvalue weighted by molar-refractivity contribution is 5.88. The predicted molar refractivity (Wildman–Crippen MR) is 70.0 cm³/mol. The molecule has 3 N–H and O–H groups in total. The maximum absolute atomic E-state index is 11.8. The van der Waals surface area contributed by atoms with Gasteiger partial charge in [-0.3, -0.25) is 4.79 Å². The number of benzene rings is 1. The third-order valence-corrected chi connectivity index (χ3v) is 3.23. The van der Waals surface area contributed by atoms with Gasteiger partial charge in [0, 0.05) is 13.1 Å². The van der Waals surface area contributed by atoms with E-state index in [-0.39, 0.29) is 11.9 Å². The number of nitrogen functional groups attached to an aromatic ring is 1. The first-order valence-electron chi connectivity index (χ1n) is 6.02. The van der Waals surface area contributed by atoms with E-state index in [1.165, 1.54) is 0 Å². The summed E-state index contributed by atoms with van der Waals surface area (Å²) >= 11 is 0. The maximum atomic E-state index is 11.8. The maximum Gasteiger partial charge on any atom is 0.242 e. The SMILES string of the molecule is CCC1C(=O)NCCN1c1cccc(C#N)c1N. The van der Waals surface area contributed by atoms with Gasteiger partial charge in [0.05, 0.1) is 16.9 Å². The lowest BCUT2D eigenvalue weighted by Gasteiger charge is -2.37. The number of hydrogen-bond acceptors (Lipinski definition) is 4. The fourth-order valence-electron chi connectivity index (χ4n) is 2.31. The molecule has 94 valence electrons. The Morgan fingerprint density at radius 2 is 2.39 bits per heavy atom. The Morgan fingerprint density at radius 3 is 3.06 bits per heavy atom. The predicted octanol–water partition coefficient (Wildman–Crippen LogP) is 0.855. The fourth-order valence-corrected chi connectivity index (χ4v) is 2.31. The average molecular weight is 244 g/mol. The minimum absolute atomic E-state index is 0.0190. The van der Waals surface area contributed by atoms with Crippen LogP contribution in [0.15, 0.2) is 18.2 Å². The number of carbonyl (C=O) groups excluding carboxylic acids is 1. The molecule has 2 rings (SSSR count). The molecule has 0 spiro atoms. The quantitative estimate of drug-likeness (QED) is 0.756. The molecule has 1 amide bonds. The highest BCUT2D eigenvalue weighted by atomic mass is 16.2. The van der Waals surface area contributed by atoms with Crippen LogP contribution in [0.25, 0.3) is 0 Å². The summed E-state index contributed by atoms with van der Waals surface area (Å²) in [7, 11) is 0. The number of carbonyl (C=O) groups is 1. The molecule has 1 saturated heterocycles. The normalized spacial score (nSPS) is 19.2. The Kier molecular flexibility index (Phi) is 3.38. The molecule has 1 heterocycles. The number of para-hydroxylation sites is 1. The minimum atomic E-state index is -0.213. The Hall–Kier alpha value is -2.22. The second-order valence-corrected chi connectivity index (χ2v) is 4.26. The third kappa shape index (κ3) is 1.97. The van der Waals surface area contributed by atoms with Gasteiger partial charge in [-0.2, -0.15) is 5.26 Å². The first kappa shape index (κ1) is 12.2. The van der Waals surface area contributed by atoms with Crippen LogP contribution in [0.1, 0.15) is 18.9 Å². The van der Waals surface area contributed by atoms with Crippen molar-refractivity contribution in [3.63, 3.8) is 0 Å². The van der Waals surface area contributed by atoms with Gasteiger partial charge < -0.3 is 16.0 Å². The second-order valence-electron chi connectivity index (χ2n) is 4.26. The molecule has 5 nitrogen and oxygen atoms in total. The summed E-state index contributed by atoms with van der Waals surface area (Å²) in [6.45, 7) is 3.28.